The summed E-state index contributed by atoms with van der Waals surface area (Å²) in [4.78, 5) is 48.5. The van der Waals surface area contributed by atoms with Gasteiger partial charge < -0.3 is 15.5 Å². The fraction of sp³-hybridized carbons (Fsp3) is 0.381. The number of piperidine rings is 1. The molecule has 0 aliphatic carbocycles. The summed E-state index contributed by atoms with van der Waals surface area (Å²) in [5, 5.41) is 6.34. The zero-order chi connectivity index (χ0) is 22.7. The molecule has 1 aliphatic rings. The lowest BCUT2D eigenvalue weighted by molar-refractivity contribution is -0.125. The number of hydrogen-bond donors (Lipinski definition) is 2. The number of fused-ring (bicyclic) bond motifs is 1. The number of benzene rings is 1. The third-order valence-electron chi connectivity index (χ3n) is 5.25. The minimum Gasteiger partial charge on any atom is -0.356 e. The van der Waals surface area contributed by atoms with Crippen molar-refractivity contribution in [1.29, 1.82) is 0 Å². The van der Waals surface area contributed by atoms with E-state index >= 15 is 0 Å². The van der Waals surface area contributed by atoms with Crippen molar-refractivity contribution in [2.75, 3.05) is 29.9 Å². The molecular formula is C21H23BrN6O3S. The molecule has 1 aromatic carbocycles. The largest absolute Gasteiger partial charge is 0.356 e. The third-order valence-corrected chi connectivity index (χ3v) is 7.03. The number of nitrogens with zero attached hydrogens (tertiary/aromatic N) is 4. The number of anilines is 2. The minimum atomic E-state index is -0.328. The van der Waals surface area contributed by atoms with Gasteiger partial charge in [-0.25, -0.2) is 4.98 Å². The first-order chi connectivity index (χ1) is 15.5. The van der Waals surface area contributed by atoms with Crippen molar-refractivity contribution < 1.29 is 9.59 Å². The summed E-state index contributed by atoms with van der Waals surface area (Å²) in [6.07, 6.45) is 3.07. The Morgan fingerprint density at radius 2 is 2.12 bits per heavy atom. The van der Waals surface area contributed by atoms with Gasteiger partial charge in [-0.2, -0.15) is 4.98 Å². The van der Waals surface area contributed by atoms with Crippen molar-refractivity contribution >= 4 is 60.2 Å². The van der Waals surface area contributed by atoms with E-state index in [4.69, 9.17) is 0 Å². The summed E-state index contributed by atoms with van der Waals surface area (Å²) < 4.78 is 2.44. The second kappa shape index (κ2) is 9.78. The van der Waals surface area contributed by atoms with Crippen LogP contribution in [-0.2, 0) is 16.1 Å². The van der Waals surface area contributed by atoms with Gasteiger partial charge in [0, 0.05) is 24.1 Å². The maximum absolute atomic E-state index is 13.0. The number of carbonyl (C=O) groups is 2. The van der Waals surface area contributed by atoms with Crippen molar-refractivity contribution in [2.45, 2.75) is 26.3 Å². The summed E-state index contributed by atoms with van der Waals surface area (Å²) in [6, 6.07) is 7.26. The Hall–Kier alpha value is -2.79. The first-order valence-corrected chi connectivity index (χ1v) is 12.0. The summed E-state index contributed by atoms with van der Waals surface area (Å²) in [5.74, 6) is -0.373. The van der Waals surface area contributed by atoms with Gasteiger partial charge in [0.05, 0.1) is 11.6 Å². The Kier molecular flexibility index (Phi) is 6.85. The monoisotopic (exact) mass is 518 g/mol. The van der Waals surface area contributed by atoms with Crippen LogP contribution in [-0.4, -0.2) is 46.0 Å². The Bertz CT molecular complexity index is 1210. The zero-order valence-corrected chi connectivity index (χ0v) is 19.9. The van der Waals surface area contributed by atoms with Crippen LogP contribution in [0.25, 0.3) is 10.3 Å². The minimum absolute atomic E-state index is 0.0508. The van der Waals surface area contributed by atoms with E-state index in [0.29, 0.717) is 34.3 Å². The zero-order valence-electron chi connectivity index (χ0n) is 17.5. The van der Waals surface area contributed by atoms with Crippen LogP contribution < -0.4 is 21.1 Å². The van der Waals surface area contributed by atoms with Gasteiger partial charge in [0.2, 0.25) is 11.8 Å². The summed E-state index contributed by atoms with van der Waals surface area (Å²) in [5.41, 5.74) is 0.683. The average molecular weight is 519 g/mol. The first-order valence-electron chi connectivity index (χ1n) is 10.4. The van der Waals surface area contributed by atoms with Gasteiger partial charge in [-0.3, -0.25) is 19.0 Å². The van der Waals surface area contributed by atoms with Gasteiger partial charge >= 0.3 is 0 Å². The summed E-state index contributed by atoms with van der Waals surface area (Å²) >= 11 is 4.64. The van der Waals surface area contributed by atoms with E-state index in [0.717, 1.165) is 23.9 Å². The molecule has 168 valence electrons. The van der Waals surface area contributed by atoms with Gasteiger partial charge in [0.1, 0.15) is 17.6 Å². The molecule has 2 aromatic heterocycles. The van der Waals surface area contributed by atoms with Crippen LogP contribution in [0.2, 0.25) is 0 Å². The summed E-state index contributed by atoms with van der Waals surface area (Å²) in [6.45, 7) is 3.70. The lowest BCUT2D eigenvalue weighted by Crippen LogP contribution is -2.43. The van der Waals surface area contributed by atoms with Gasteiger partial charge in [-0.1, -0.05) is 23.5 Å². The molecule has 1 aliphatic heterocycles. The van der Waals surface area contributed by atoms with Crippen LogP contribution in [0, 0.1) is 5.92 Å². The molecule has 9 nitrogen and oxygen atoms in total. The number of rotatable bonds is 6. The molecule has 2 N–H and O–H groups in total. The Morgan fingerprint density at radius 1 is 1.31 bits per heavy atom. The van der Waals surface area contributed by atoms with E-state index in [-0.39, 0.29) is 29.8 Å². The van der Waals surface area contributed by atoms with E-state index in [1.807, 2.05) is 30.0 Å². The number of carbonyl (C=O) groups excluding carboxylic acids is 2. The normalized spacial score (nSPS) is 16.2. The van der Waals surface area contributed by atoms with Crippen molar-refractivity contribution in [2.24, 2.45) is 5.92 Å². The van der Waals surface area contributed by atoms with Crippen LogP contribution in [0.4, 0.5) is 10.8 Å². The number of thiazole rings is 1. The van der Waals surface area contributed by atoms with Crippen molar-refractivity contribution in [3.63, 3.8) is 0 Å². The van der Waals surface area contributed by atoms with E-state index in [1.165, 1.54) is 22.2 Å². The topological polar surface area (TPSA) is 109 Å². The van der Waals surface area contributed by atoms with Gasteiger partial charge in [-0.15, -0.1) is 0 Å². The molecule has 1 atom stereocenters. The van der Waals surface area contributed by atoms with Crippen molar-refractivity contribution in [3.05, 3.63) is 45.4 Å². The Labute approximate surface area is 197 Å². The standard InChI is InChI=1S/C21H23BrN6O3S/c1-2-23-19(30)13-6-5-9-27(10-13)21-26-18-17(32-21)20(31)28(12-24-18)11-16(29)25-15-8-4-3-7-14(15)22/h3-4,7-8,12-13H,2,5-6,9-11H2,1H3,(H,23,30)(H,25,29)/t13-/m1/s1. The van der Waals surface area contributed by atoms with Gasteiger partial charge in [-0.05, 0) is 47.8 Å². The molecule has 3 heterocycles. The number of amides is 2. The molecule has 32 heavy (non-hydrogen) atoms. The molecular weight excluding hydrogens is 496 g/mol. The number of para-hydroxylation sites is 1. The lowest BCUT2D eigenvalue weighted by atomic mass is 9.97. The van der Waals surface area contributed by atoms with Gasteiger partial charge in [0.15, 0.2) is 10.8 Å². The second-order valence-corrected chi connectivity index (χ2v) is 9.37. The molecule has 0 unspecified atom stereocenters. The quantitative estimate of drug-likeness (QED) is 0.519. The van der Waals surface area contributed by atoms with E-state index in [1.54, 1.807) is 6.07 Å². The third kappa shape index (κ3) is 4.83. The molecule has 3 aromatic rings. The summed E-state index contributed by atoms with van der Waals surface area (Å²) in [7, 11) is 0. The number of nitrogens with one attached hydrogen (secondary N) is 2. The number of aromatic nitrogens is 3. The fourth-order valence-electron chi connectivity index (χ4n) is 3.67. The highest BCUT2D eigenvalue weighted by Crippen LogP contribution is 2.29. The Morgan fingerprint density at radius 3 is 2.91 bits per heavy atom. The maximum atomic E-state index is 13.0. The SMILES string of the molecule is CCNC(=O)[C@@H]1CCCN(c2nc3ncn(CC(=O)Nc4ccccc4Br)c(=O)c3s2)C1. The highest BCUT2D eigenvalue weighted by atomic mass is 79.9. The molecule has 2 amide bonds. The van der Waals surface area contributed by atoms with Crippen LogP contribution >= 0.6 is 27.3 Å². The van der Waals surface area contributed by atoms with E-state index in [9.17, 15) is 14.4 Å². The first kappa shape index (κ1) is 22.4. The molecule has 0 spiro atoms. The van der Waals surface area contributed by atoms with E-state index in [2.05, 4.69) is 36.5 Å². The van der Waals surface area contributed by atoms with Crippen LogP contribution in [0.15, 0.2) is 39.9 Å². The van der Waals surface area contributed by atoms with Crippen LogP contribution in [0.5, 0.6) is 0 Å². The molecule has 1 saturated heterocycles. The molecule has 1 fully saturated rings. The molecule has 0 radical (unpaired) electrons. The highest BCUT2D eigenvalue weighted by Gasteiger charge is 2.27. The fourth-order valence-corrected chi connectivity index (χ4v) is 5.06. The van der Waals surface area contributed by atoms with Crippen molar-refractivity contribution in [1.82, 2.24) is 19.9 Å². The predicted octanol–water partition coefficient (Wildman–Crippen LogP) is 2.61. The number of hydrogen-bond acceptors (Lipinski definition) is 7. The predicted molar refractivity (Wildman–Crippen MR) is 128 cm³/mol. The molecule has 4 rings (SSSR count). The molecule has 11 heteroatoms. The average Bonchev–Trinajstić information content (AvgIpc) is 3.23. The maximum Gasteiger partial charge on any atom is 0.273 e. The molecule has 0 bridgehead atoms. The van der Waals surface area contributed by atoms with Crippen LogP contribution in [0.3, 0.4) is 0 Å². The molecule has 0 saturated carbocycles. The van der Waals surface area contributed by atoms with Crippen LogP contribution in [0.1, 0.15) is 19.8 Å². The smallest absolute Gasteiger partial charge is 0.273 e. The number of halogens is 1. The van der Waals surface area contributed by atoms with Gasteiger partial charge in [0.25, 0.3) is 5.56 Å². The second-order valence-electron chi connectivity index (χ2n) is 7.53. The van der Waals surface area contributed by atoms with Crippen molar-refractivity contribution in [3.8, 4) is 0 Å². The highest BCUT2D eigenvalue weighted by molar-refractivity contribution is 9.10. The Balaban J connectivity index is 1.51. The lowest BCUT2D eigenvalue weighted by Gasteiger charge is -2.31. The van der Waals surface area contributed by atoms with E-state index < -0.39 is 0 Å².